The first kappa shape index (κ1) is 19.8. The second-order valence-electron chi connectivity index (χ2n) is 7.07. The standard InChI is InChI=1S/C21H29ClO4/c1-2-3-4-5-16-12-23-20(24-13-16)11-6-17-14-25-21(26-15-17)18-7-9-19(22)10-8-18/h4-5,7-10,16-17,20-21H,2-3,6,11-15H2,1H3/b5-4+. The van der Waals surface area contributed by atoms with E-state index < -0.39 is 0 Å². The zero-order valence-electron chi connectivity index (χ0n) is 15.4. The highest BCUT2D eigenvalue weighted by atomic mass is 35.5. The lowest BCUT2D eigenvalue weighted by atomic mass is 10.0. The largest absolute Gasteiger partial charge is 0.352 e. The van der Waals surface area contributed by atoms with Gasteiger partial charge in [0, 0.05) is 22.4 Å². The molecule has 2 heterocycles. The number of benzene rings is 1. The van der Waals surface area contributed by atoms with E-state index in [-0.39, 0.29) is 12.6 Å². The molecule has 0 N–H and O–H groups in total. The number of ether oxygens (including phenoxy) is 4. The molecule has 0 unspecified atom stereocenters. The van der Waals surface area contributed by atoms with E-state index in [2.05, 4.69) is 19.1 Å². The number of allylic oxidation sites excluding steroid dienone is 1. The average molecular weight is 381 g/mol. The Kier molecular flexibility index (Phi) is 7.96. The summed E-state index contributed by atoms with van der Waals surface area (Å²) in [7, 11) is 0. The van der Waals surface area contributed by atoms with E-state index in [0.717, 1.165) is 43.1 Å². The van der Waals surface area contributed by atoms with Crippen molar-refractivity contribution in [3.05, 3.63) is 47.0 Å². The van der Waals surface area contributed by atoms with Gasteiger partial charge < -0.3 is 18.9 Å². The average Bonchev–Trinajstić information content (AvgIpc) is 2.69. The van der Waals surface area contributed by atoms with Crippen LogP contribution in [0.4, 0.5) is 0 Å². The lowest BCUT2D eigenvalue weighted by molar-refractivity contribution is -0.217. The molecule has 0 aliphatic carbocycles. The van der Waals surface area contributed by atoms with Gasteiger partial charge in [-0.3, -0.25) is 0 Å². The molecule has 1 aromatic carbocycles. The molecule has 4 nitrogen and oxygen atoms in total. The molecular formula is C21H29ClO4. The van der Waals surface area contributed by atoms with Gasteiger partial charge in [-0.05, 0) is 31.4 Å². The molecular weight excluding hydrogens is 352 g/mol. The zero-order chi connectivity index (χ0) is 18.2. The third kappa shape index (κ3) is 6.07. The predicted molar refractivity (Wildman–Crippen MR) is 102 cm³/mol. The van der Waals surface area contributed by atoms with Gasteiger partial charge in [-0.15, -0.1) is 0 Å². The van der Waals surface area contributed by atoms with Crippen molar-refractivity contribution in [2.75, 3.05) is 26.4 Å². The maximum absolute atomic E-state index is 5.92. The second-order valence-corrected chi connectivity index (χ2v) is 7.50. The summed E-state index contributed by atoms with van der Waals surface area (Å²) in [5.41, 5.74) is 1.01. The van der Waals surface area contributed by atoms with Crippen molar-refractivity contribution in [1.82, 2.24) is 0 Å². The summed E-state index contributed by atoms with van der Waals surface area (Å²) in [6, 6.07) is 7.61. The lowest BCUT2D eigenvalue weighted by Gasteiger charge is -2.32. The van der Waals surface area contributed by atoms with Gasteiger partial charge in [0.1, 0.15) is 0 Å². The van der Waals surface area contributed by atoms with E-state index in [1.807, 2.05) is 24.3 Å². The SMILES string of the molecule is CCC/C=C/C1COC(CCC2COC(c3ccc(Cl)cc3)OC2)OC1. The van der Waals surface area contributed by atoms with Gasteiger partial charge in [0.05, 0.1) is 26.4 Å². The first-order valence-corrected chi connectivity index (χ1v) is 10.0. The van der Waals surface area contributed by atoms with Gasteiger partial charge in [0.2, 0.25) is 0 Å². The summed E-state index contributed by atoms with van der Waals surface area (Å²) in [5, 5.41) is 0.720. The fraction of sp³-hybridized carbons (Fsp3) is 0.619. The number of halogens is 1. The van der Waals surface area contributed by atoms with Crippen LogP contribution in [0.3, 0.4) is 0 Å². The molecule has 0 bridgehead atoms. The topological polar surface area (TPSA) is 36.9 Å². The van der Waals surface area contributed by atoms with Crippen molar-refractivity contribution >= 4 is 11.6 Å². The van der Waals surface area contributed by atoms with E-state index in [1.165, 1.54) is 6.42 Å². The Bertz CT molecular complexity index is 544. The van der Waals surface area contributed by atoms with Gasteiger partial charge in [-0.2, -0.15) is 0 Å². The molecule has 2 aliphatic heterocycles. The lowest BCUT2D eigenvalue weighted by Crippen LogP contribution is -2.33. The van der Waals surface area contributed by atoms with Crippen LogP contribution >= 0.6 is 11.6 Å². The summed E-state index contributed by atoms with van der Waals surface area (Å²) in [4.78, 5) is 0. The van der Waals surface area contributed by atoms with Crippen LogP contribution in [0.5, 0.6) is 0 Å². The van der Waals surface area contributed by atoms with Gasteiger partial charge in [-0.25, -0.2) is 0 Å². The number of unbranched alkanes of at least 4 members (excludes halogenated alkanes) is 1. The van der Waals surface area contributed by atoms with Crippen LogP contribution in [0.15, 0.2) is 36.4 Å². The fourth-order valence-electron chi connectivity index (χ4n) is 3.19. The van der Waals surface area contributed by atoms with Crippen molar-refractivity contribution in [2.24, 2.45) is 11.8 Å². The predicted octanol–water partition coefficient (Wildman–Crippen LogP) is 5.13. The fourth-order valence-corrected chi connectivity index (χ4v) is 3.31. The van der Waals surface area contributed by atoms with E-state index in [1.54, 1.807) is 0 Å². The van der Waals surface area contributed by atoms with Gasteiger partial charge in [-0.1, -0.05) is 49.2 Å². The molecule has 5 heteroatoms. The van der Waals surface area contributed by atoms with E-state index >= 15 is 0 Å². The third-order valence-electron chi connectivity index (χ3n) is 4.78. The summed E-state index contributed by atoms with van der Waals surface area (Å²) >= 11 is 5.92. The highest BCUT2D eigenvalue weighted by molar-refractivity contribution is 6.30. The maximum Gasteiger partial charge on any atom is 0.183 e. The highest BCUT2D eigenvalue weighted by Crippen LogP contribution is 2.28. The first-order valence-electron chi connectivity index (χ1n) is 9.63. The summed E-state index contributed by atoms with van der Waals surface area (Å²) < 4.78 is 23.4. The summed E-state index contributed by atoms with van der Waals surface area (Å²) in [5.74, 6) is 0.771. The monoisotopic (exact) mass is 380 g/mol. The Morgan fingerprint density at radius 1 is 0.962 bits per heavy atom. The molecule has 2 fully saturated rings. The van der Waals surface area contributed by atoms with E-state index in [9.17, 15) is 0 Å². The van der Waals surface area contributed by atoms with Crippen LogP contribution in [-0.2, 0) is 18.9 Å². The third-order valence-corrected chi connectivity index (χ3v) is 5.03. The van der Waals surface area contributed by atoms with Crippen molar-refractivity contribution in [3.63, 3.8) is 0 Å². The van der Waals surface area contributed by atoms with Gasteiger partial charge >= 0.3 is 0 Å². The van der Waals surface area contributed by atoms with Crippen molar-refractivity contribution in [2.45, 2.75) is 45.2 Å². The Morgan fingerprint density at radius 3 is 2.31 bits per heavy atom. The number of hydrogen-bond donors (Lipinski definition) is 0. The van der Waals surface area contributed by atoms with Crippen molar-refractivity contribution in [3.8, 4) is 0 Å². The van der Waals surface area contributed by atoms with E-state index in [0.29, 0.717) is 25.0 Å². The Labute approximate surface area is 161 Å². The minimum Gasteiger partial charge on any atom is -0.352 e. The molecule has 0 saturated carbocycles. The molecule has 0 spiro atoms. The minimum absolute atomic E-state index is 0.0974. The van der Waals surface area contributed by atoms with Crippen LogP contribution in [0, 0.1) is 11.8 Å². The molecule has 3 rings (SSSR count). The Balaban J connectivity index is 1.32. The first-order chi connectivity index (χ1) is 12.7. The quantitative estimate of drug-likeness (QED) is 0.614. The van der Waals surface area contributed by atoms with Crippen molar-refractivity contribution < 1.29 is 18.9 Å². The molecule has 0 amide bonds. The molecule has 144 valence electrons. The zero-order valence-corrected chi connectivity index (χ0v) is 16.2. The second kappa shape index (κ2) is 10.4. The van der Waals surface area contributed by atoms with Gasteiger partial charge in [0.25, 0.3) is 0 Å². The maximum atomic E-state index is 5.92. The Hall–Kier alpha value is -0.910. The molecule has 0 radical (unpaired) electrons. The molecule has 0 aromatic heterocycles. The van der Waals surface area contributed by atoms with Crippen LogP contribution < -0.4 is 0 Å². The van der Waals surface area contributed by atoms with Crippen LogP contribution in [0.1, 0.15) is 44.5 Å². The smallest absolute Gasteiger partial charge is 0.183 e. The van der Waals surface area contributed by atoms with Crippen LogP contribution in [-0.4, -0.2) is 32.7 Å². The van der Waals surface area contributed by atoms with Gasteiger partial charge in [0.15, 0.2) is 12.6 Å². The molecule has 2 saturated heterocycles. The molecule has 0 atom stereocenters. The molecule has 2 aliphatic rings. The van der Waals surface area contributed by atoms with Crippen molar-refractivity contribution in [1.29, 1.82) is 0 Å². The molecule has 1 aromatic rings. The van der Waals surface area contributed by atoms with E-state index in [4.69, 9.17) is 30.5 Å². The number of rotatable bonds is 7. The highest BCUT2D eigenvalue weighted by Gasteiger charge is 2.26. The normalized spacial score (nSPS) is 29.9. The van der Waals surface area contributed by atoms with Crippen LogP contribution in [0.25, 0.3) is 0 Å². The molecule has 26 heavy (non-hydrogen) atoms. The summed E-state index contributed by atoms with van der Waals surface area (Å²) in [6.45, 7) is 5.08. The number of hydrogen-bond acceptors (Lipinski definition) is 4. The summed E-state index contributed by atoms with van der Waals surface area (Å²) in [6.07, 6.45) is 8.23. The minimum atomic E-state index is -0.290. The van der Waals surface area contributed by atoms with Crippen LogP contribution in [0.2, 0.25) is 5.02 Å². The Morgan fingerprint density at radius 2 is 1.65 bits per heavy atom.